The summed E-state index contributed by atoms with van der Waals surface area (Å²) in [6.07, 6.45) is 3.82. The van der Waals surface area contributed by atoms with E-state index in [2.05, 4.69) is 22.5 Å². The van der Waals surface area contributed by atoms with Crippen molar-refractivity contribution >= 4 is 10.9 Å². The molecule has 4 nitrogen and oxygen atoms in total. The van der Waals surface area contributed by atoms with Gasteiger partial charge in [-0.2, -0.15) is 5.10 Å². The van der Waals surface area contributed by atoms with Gasteiger partial charge >= 0.3 is 0 Å². The molecule has 0 aliphatic rings. The minimum absolute atomic E-state index is 0.156. The Labute approximate surface area is 108 Å². The lowest BCUT2D eigenvalue weighted by atomic mass is 9.97. The van der Waals surface area contributed by atoms with Gasteiger partial charge in [-0.1, -0.05) is 18.2 Å². The maximum absolute atomic E-state index is 9.33. The molecule has 2 N–H and O–H groups in total. The summed E-state index contributed by atoms with van der Waals surface area (Å²) in [6.45, 7) is 3.07. The molecule has 1 aromatic heterocycles. The van der Waals surface area contributed by atoms with Gasteiger partial charge in [-0.15, -0.1) is 0 Å². The van der Waals surface area contributed by atoms with E-state index in [1.165, 1.54) is 10.9 Å². The first-order valence-electron chi connectivity index (χ1n) is 6.39. The van der Waals surface area contributed by atoms with Crippen LogP contribution in [0.3, 0.4) is 0 Å². The van der Waals surface area contributed by atoms with Gasteiger partial charge in [0.15, 0.2) is 0 Å². The number of hydrogen-bond donors (Lipinski definition) is 2. The van der Waals surface area contributed by atoms with E-state index < -0.39 is 0 Å². The van der Waals surface area contributed by atoms with Crippen LogP contribution < -0.4 is 5.32 Å². The summed E-state index contributed by atoms with van der Waals surface area (Å²) in [5.74, 6) is 0. The highest BCUT2D eigenvalue weighted by Gasteiger charge is 2.19. The van der Waals surface area contributed by atoms with Crippen LogP contribution in [0.25, 0.3) is 10.9 Å². The number of nitrogens with zero attached hydrogens (tertiary/aromatic N) is 2. The molecule has 0 bridgehead atoms. The molecule has 0 saturated carbocycles. The van der Waals surface area contributed by atoms with E-state index in [1.54, 1.807) is 0 Å². The van der Waals surface area contributed by atoms with Crippen molar-refractivity contribution in [2.24, 2.45) is 0 Å². The molecule has 1 atom stereocenters. The predicted octanol–water partition coefficient (Wildman–Crippen LogP) is 1.79. The first-order valence-corrected chi connectivity index (χ1v) is 6.39. The number of aliphatic hydroxyl groups is 1. The number of aliphatic hydroxyl groups excluding tert-OH is 1. The van der Waals surface area contributed by atoms with E-state index in [0.717, 1.165) is 19.4 Å². The van der Waals surface area contributed by atoms with E-state index in [-0.39, 0.29) is 12.1 Å². The Balaban J connectivity index is 1.98. The Morgan fingerprint density at radius 2 is 2.17 bits per heavy atom. The third-order valence-corrected chi connectivity index (χ3v) is 3.60. The molecule has 0 fully saturated rings. The molecule has 0 radical (unpaired) electrons. The molecule has 1 aromatic carbocycles. The molecule has 0 saturated heterocycles. The number of hydrogen-bond acceptors (Lipinski definition) is 3. The van der Waals surface area contributed by atoms with Crippen LogP contribution in [-0.4, -0.2) is 34.1 Å². The van der Waals surface area contributed by atoms with Gasteiger partial charge in [-0.05, 0) is 32.9 Å². The van der Waals surface area contributed by atoms with Gasteiger partial charge in [-0.25, -0.2) is 0 Å². The summed E-state index contributed by atoms with van der Waals surface area (Å²) in [7, 11) is 1.89. The Morgan fingerprint density at radius 3 is 2.89 bits per heavy atom. The molecule has 2 aromatic rings. The molecule has 98 valence electrons. The van der Waals surface area contributed by atoms with Gasteiger partial charge in [0.05, 0.1) is 18.3 Å². The molecule has 1 unspecified atom stereocenters. The van der Waals surface area contributed by atoms with Crippen molar-refractivity contribution in [1.82, 2.24) is 15.1 Å². The lowest BCUT2D eigenvalue weighted by Crippen LogP contribution is -2.43. The number of aromatic nitrogens is 2. The zero-order valence-corrected chi connectivity index (χ0v) is 11.1. The van der Waals surface area contributed by atoms with Crippen LogP contribution in [0.1, 0.15) is 19.8 Å². The number of fused-ring (bicyclic) bond motifs is 1. The van der Waals surface area contributed by atoms with Crippen molar-refractivity contribution in [3.8, 4) is 0 Å². The Kier molecular flexibility index (Phi) is 3.99. The van der Waals surface area contributed by atoms with Crippen molar-refractivity contribution in [2.75, 3.05) is 13.7 Å². The van der Waals surface area contributed by atoms with Crippen LogP contribution in [0.15, 0.2) is 30.5 Å². The summed E-state index contributed by atoms with van der Waals surface area (Å²) < 4.78 is 2.03. The van der Waals surface area contributed by atoms with Crippen LogP contribution in [0.2, 0.25) is 0 Å². The van der Waals surface area contributed by atoms with Crippen LogP contribution in [0.5, 0.6) is 0 Å². The summed E-state index contributed by atoms with van der Waals surface area (Å²) >= 11 is 0. The summed E-state index contributed by atoms with van der Waals surface area (Å²) in [6, 6.07) is 8.22. The summed E-state index contributed by atoms with van der Waals surface area (Å²) in [5, 5.41) is 18.1. The Bertz CT molecular complexity index is 502. The molecular weight excluding hydrogens is 226 g/mol. The third-order valence-electron chi connectivity index (χ3n) is 3.60. The van der Waals surface area contributed by atoms with E-state index in [9.17, 15) is 5.11 Å². The minimum Gasteiger partial charge on any atom is -0.394 e. The zero-order chi connectivity index (χ0) is 13.0. The third kappa shape index (κ3) is 2.71. The molecular formula is C14H21N3O. The van der Waals surface area contributed by atoms with E-state index >= 15 is 0 Å². The van der Waals surface area contributed by atoms with Gasteiger partial charge < -0.3 is 10.4 Å². The topological polar surface area (TPSA) is 50.1 Å². The van der Waals surface area contributed by atoms with Crippen LogP contribution >= 0.6 is 0 Å². The number of nitrogens with one attached hydrogen (secondary N) is 1. The number of benzene rings is 1. The second-order valence-corrected chi connectivity index (χ2v) is 5.00. The van der Waals surface area contributed by atoms with Gasteiger partial charge in [0.25, 0.3) is 0 Å². The summed E-state index contributed by atoms with van der Waals surface area (Å²) in [4.78, 5) is 0. The maximum Gasteiger partial charge on any atom is 0.0682 e. The number of aryl methyl sites for hydroxylation is 1. The minimum atomic E-state index is -0.192. The molecule has 0 aliphatic heterocycles. The molecule has 1 heterocycles. The fourth-order valence-electron chi connectivity index (χ4n) is 2.11. The predicted molar refractivity (Wildman–Crippen MR) is 73.5 cm³/mol. The second kappa shape index (κ2) is 5.50. The monoisotopic (exact) mass is 247 g/mol. The fourth-order valence-corrected chi connectivity index (χ4v) is 2.11. The van der Waals surface area contributed by atoms with Crippen molar-refractivity contribution in [3.63, 3.8) is 0 Å². The first-order chi connectivity index (χ1) is 8.68. The van der Waals surface area contributed by atoms with Crippen LogP contribution in [0.4, 0.5) is 0 Å². The van der Waals surface area contributed by atoms with Gasteiger partial charge in [0, 0.05) is 17.5 Å². The maximum atomic E-state index is 9.33. The first kappa shape index (κ1) is 13.1. The smallest absolute Gasteiger partial charge is 0.0682 e. The zero-order valence-electron chi connectivity index (χ0n) is 11.1. The number of para-hydroxylation sites is 1. The Morgan fingerprint density at radius 1 is 1.39 bits per heavy atom. The average Bonchev–Trinajstić information content (AvgIpc) is 2.82. The van der Waals surface area contributed by atoms with Gasteiger partial charge in [0.1, 0.15) is 0 Å². The molecule has 0 amide bonds. The average molecular weight is 247 g/mol. The normalized spacial score (nSPS) is 14.8. The van der Waals surface area contributed by atoms with Crippen molar-refractivity contribution in [2.45, 2.75) is 31.8 Å². The van der Waals surface area contributed by atoms with Gasteiger partial charge in [0.2, 0.25) is 0 Å². The van der Waals surface area contributed by atoms with E-state index in [0.29, 0.717) is 0 Å². The number of rotatable bonds is 6. The van der Waals surface area contributed by atoms with Crippen molar-refractivity contribution in [1.29, 1.82) is 0 Å². The van der Waals surface area contributed by atoms with E-state index in [1.807, 2.05) is 37.0 Å². The SMILES string of the molecule is CNC(C)(CO)CCCn1ncc2ccccc21. The molecule has 0 aliphatic carbocycles. The highest BCUT2D eigenvalue weighted by atomic mass is 16.3. The fraction of sp³-hybridized carbons (Fsp3) is 0.500. The van der Waals surface area contributed by atoms with E-state index in [4.69, 9.17) is 0 Å². The van der Waals surface area contributed by atoms with Crippen molar-refractivity contribution in [3.05, 3.63) is 30.5 Å². The largest absolute Gasteiger partial charge is 0.394 e. The van der Waals surface area contributed by atoms with Crippen molar-refractivity contribution < 1.29 is 5.11 Å². The quantitative estimate of drug-likeness (QED) is 0.818. The van der Waals surface area contributed by atoms with Crippen LogP contribution in [-0.2, 0) is 6.54 Å². The highest BCUT2D eigenvalue weighted by Crippen LogP contribution is 2.16. The van der Waals surface area contributed by atoms with Gasteiger partial charge in [-0.3, -0.25) is 4.68 Å². The standard InChI is InChI=1S/C14H21N3O/c1-14(11-18,15-2)8-5-9-17-13-7-4-3-6-12(13)10-16-17/h3-4,6-7,10,15,18H,5,8-9,11H2,1-2H3. The lowest BCUT2D eigenvalue weighted by Gasteiger charge is -2.26. The summed E-state index contributed by atoms with van der Waals surface area (Å²) in [5.41, 5.74) is 0.982. The van der Waals surface area contributed by atoms with Crippen LogP contribution in [0, 0.1) is 0 Å². The second-order valence-electron chi connectivity index (χ2n) is 5.00. The lowest BCUT2D eigenvalue weighted by molar-refractivity contribution is 0.170. The molecule has 2 rings (SSSR count). The highest BCUT2D eigenvalue weighted by molar-refractivity contribution is 5.78. The molecule has 18 heavy (non-hydrogen) atoms. The number of likely N-dealkylation sites (N-methyl/N-ethyl adjacent to an activating group) is 1. The Hall–Kier alpha value is -1.39. The molecule has 0 spiro atoms. The molecule has 4 heteroatoms.